The van der Waals surface area contributed by atoms with Crippen LogP contribution in [0.15, 0.2) is 47.2 Å². The monoisotopic (exact) mass is 380 g/mol. The molecule has 0 saturated heterocycles. The molecule has 3 rings (SSSR count). The van der Waals surface area contributed by atoms with E-state index in [0.29, 0.717) is 19.6 Å². The van der Waals surface area contributed by atoms with E-state index in [1.54, 1.807) is 16.2 Å². The molecule has 1 aliphatic rings. The van der Waals surface area contributed by atoms with Crippen LogP contribution in [-0.4, -0.2) is 35.5 Å². The number of nitrogens with zero attached hydrogens (tertiary/aromatic N) is 1. The molecule has 1 aromatic carbocycles. The average Bonchev–Trinajstić information content (AvgIpc) is 3.25. The molecule has 136 valence electrons. The van der Waals surface area contributed by atoms with E-state index in [2.05, 4.69) is 5.32 Å². The Bertz CT molecular complexity index is 632. The summed E-state index contributed by atoms with van der Waals surface area (Å²) < 4.78 is 0. The standard InChI is InChI=1S/C19H24N2O2S.ClH/c22-18(17-8-9-24-14-17)13-21(12-16-4-2-1-3-5-16)19(23)11-20-10-15-6-7-15;/h1-5,8-9,14-15,18,20,22H,6-7,10-13H2;1H. The van der Waals surface area contributed by atoms with Crippen LogP contribution in [0.3, 0.4) is 0 Å². The molecule has 1 amide bonds. The van der Waals surface area contributed by atoms with Gasteiger partial charge in [-0.05, 0) is 53.3 Å². The average molecular weight is 381 g/mol. The van der Waals surface area contributed by atoms with Crippen molar-refractivity contribution >= 4 is 29.7 Å². The second-order valence-electron chi connectivity index (χ2n) is 6.41. The number of rotatable bonds is 9. The lowest BCUT2D eigenvalue weighted by molar-refractivity contribution is -0.132. The summed E-state index contributed by atoms with van der Waals surface area (Å²) in [5.41, 5.74) is 1.95. The molecule has 0 spiro atoms. The van der Waals surface area contributed by atoms with Crippen LogP contribution in [0.1, 0.15) is 30.1 Å². The Hall–Kier alpha value is -1.40. The van der Waals surface area contributed by atoms with E-state index >= 15 is 0 Å². The molecular weight excluding hydrogens is 356 g/mol. The third kappa shape index (κ3) is 6.44. The van der Waals surface area contributed by atoms with Crippen LogP contribution in [0.5, 0.6) is 0 Å². The molecule has 4 nitrogen and oxygen atoms in total. The number of aliphatic hydroxyl groups excluding tert-OH is 1. The van der Waals surface area contributed by atoms with Gasteiger partial charge in [0.15, 0.2) is 0 Å². The number of hydrogen-bond donors (Lipinski definition) is 2. The summed E-state index contributed by atoms with van der Waals surface area (Å²) in [6, 6.07) is 11.8. The van der Waals surface area contributed by atoms with Crippen LogP contribution >= 0.6 is 23.7 Å². The van der Waals surface area contributed by atoms with E-state index < -0.39 is 6.10 Å². The Morgan fingerprint density at radius 1 is 1.28 bits per heavy atom. The number of carbonyl (C=O) groups is 1. The van der Waals surface area contributed by atoms with Gasteiger partial charge in [-0.2, -0.15) is 11.3 Å². The molecule has 0 bridgehead atoms. The highest BCUT2D eigenvalue weighted by atomic mass is 35.5. The van der Waals surface area contributed by atoms with Gasteiger partial charge in [0.2, 0.25) is 5.91 Å². The number of amides is 1. The first-order chi connectivity index (χ1) is 11.7. The molecule has 25 heavy (non-hydrogen) atoms. The summed E-state index contributed by atoms with van der Waals surface area (Å²) >= 11 is 1.56. The van der Waals surface area contributed by atoms with Crippen LogP contribution < -0.4 is 5.32 Å². The maximum atomic E-state index is 12.6. The summed E-state index contributed by atoms with van der Waals surface area (Å²) in [5.74, 6) is 0.783. The van der Waals surface area contributed by atoms with E-state index in [1.807, 2.05) is 47.2 Å². The maximum Gasteiger partial charge on any atom is 0.236 e. The molecule has 1 unspecified atom stereocenters. The molecule has 2 N–H and O–H groups in total. The number of nitrogens with one attached hydrogen (secondary N) is 1. The predicted octanol–water partition coefficient (Wildman–Crippen LogP) is 3.23. The van der Waals surface area contributed by atoms with Gasteiger partial charge in [-0.25, -0.2) is 0 Å². The van der Waals surface area contributed by atoms with Crippen LogP contribution in [0.2, 0.25) is 0 Å². The van der Waals surface area contributed by atoms with E-state index in [1.165, 1.54) is 12.8 Å². The van der Waals surface area contributed by atoms with Gasteiger partial charge < -0.3 is 15.3 Å². The second kappa shape index (κ2) is 9.92. The van der Waals surface area contributed by atoms with Crippen LogP contribution in [0, 0.1) is 5.92 Å². The Morgan fingerprint density at radius 3 is 2.68 bits per heavy atom. The predicted molar refractivity (Wildman–Crippen MR) is 104 cm³/mol. The summed E-state index contributed by atoms with van der Waals surface area (Å²) in [5, 5.41) is 17.5. The molecular formula is C19H25ClN2O2S. The van der Waals surface area contributed by atoms with Crippen molar-refractivity contribution in [2.24, 2.45) is 5.92 Å². The normalized spacial score (nSPS) is 14.6. The van der Waals surface area contributed by atoms with E-state index in [9.17, 15) is 9.90 Å². The van der Waals surface area contributed by atoms with Gasteiger partial charge in [0.1, 0.15) is 0 Å². The summed E-state index contributed by atoms with van der Waals surface area (Å²) in [6.07, 6.45) is 1.89. The van der Waals surface area contributed by atoms with Crippen molar-refractivity contribution in [3.63, 3.8) is 0 Å². The smallest absolute Gasteiger partial charge is 0.236 e. The Labute approximate surface area is 159 Å². The highest BCUT2D eigenvalue weighted by Gasteiger charge is 2.22. The topological polar surface area (TPSA) is 52.6 Å². The van der Waals surface area contributed by atoms with Gasteiger partial charge in [-0.15, -0.1) is 12.4 Å². The molecule has 1 fully saturated rings. The van der Waals surface area contributed by atoms with Gasteiger partial charge in [-0.3, -0.25) is 4.79 Å². The third-order valence-corrected chi connectivity index (χ3v) is 5.00. The SMILES string of the molecule is Cl.O=C(CNCC1CC1)N(Cc1ccccc1)CC(O)c1ccsc1. The summed E-state index contributed by atoms with van der Waals surface area (Å²) in [6.45, 7) is 2.08. The molecule has 1 atom stereocenters. The van der Waals surface area contributed by atoms with E-state index in [-0.39, 0.29) is 18.3 Å². The highest BCUT2D eigenvalue weighted by Crippen LogP contribution is 2.27. The van der Waals surface area contributed by atoms with Gasteiger partial charge in [0.05, 0.1) is 19.2 Å². The molecule has 6 heteroatoms. The fraction of sp³-hybridized carbons (Fsp3) is 0.421. The van der Waals surface area contributed by atoms with E-state index in [4.69, 9.17) is 0 Å². The summed E-state index contributed by atoms with van der Waals surface area (Å²) in [7, 11) is 0. The molecule has 0 aliphatic heterocycles. The lowest BCUT2D eigenvalue weighted by atomic mass is 10.1. The zero-order valence-electron chi connectivity index (χ0n) is 14.1. The Morgan fingerprint density at radius 2 is 2.04 bits per heavy atom. The molecule has 1 aliphatic carbocycles. The minimum atomic E-state index is -0.646. The summed E-state index contributed by atoms with van der Waals surface area (Å²) in [4.78, 5) is 14.4. The minimum absolute atomic E-state index is 0. The quantitative estimate of drug-likeness (QED) is 0.702. The van der Waals surface area contributed by atoms with Gasteiger partial charge in [0, 0.05) is 6.54 Å². The van der Waals surface area contributed by atoms with Crippen molar-refractivity contribution < 1.29 is 9.90 Å². The molecule has 1 aromatic heterocycles. The number of halogens is 1. The van der Waals surface area contributed by atoms with E-state index in [0.717, 1.165) is 23.6 Å². The first-order valence-corrected chi connectivity index (χ1v) is 9.39. The Balaban J connectivity index is 0.00000225. The fourth-order valence-corrected chi connectivity index (χ4v) is 3.36. The Kier molecular flexibility index (Phi) is 7.90. The lowest BCUT2D eigenvalue weighted by Gasteiger charge is -2.25. The number of hydrogen-bond acceptors (Lipinski definition) is 4. The van der Waals surface area contributed by atoms with Crippen LogP contribution in [-0.2, 0) is 11.3 Å². The zero-order valence-corrected chi connectivity index (χ0v) is 15.8. The van der Waals surface area contributed by atoms with Crippen LogP contribution in [0.4, 0.5) is 0 Å². The zero-order chi connectivity index (χ0) is 16.8. The van der Waals surface area contributed by atoms with Crippen molar-refractivity contribution in [2.45, 2.75) is 25.5 Å². The van der Waals surface area contributed by atoms with Crippen molar-refractivity contribution in [1.82, 2.24) is 10.2 Å². The molecule has 2 aromatic rings. The minimum Gasteiger partial charge on any atom is -0.387 e. The van der Waals surface area contributed by atoms with Gasteiger partial charge in [-0.1, -0.05) is 30.3 Å². The number of aliphatic hydroxyl groups is 1. The molecule has 0 radical (unpaired) electrons. The number of benzene rings is 1. The largest absolute Gasteiger partial charge is 0.387 e. The van der Waals surface area contributed by atoms with Gasteiger partial charge >= 0.3 is 0 Å². The van der Waals surface area contributed by atoms with Crippen molar-refractivity contribution in [1.29, 1.82) is 0 Å². The first-order valence-electron chi connectivity index (χ1n) is 8.45. The first kappa shape index (κ1) is 19.9. The lowest BCUT2D eigenvalue weighted by Crippen LogP contribution is -2.40. The van der Waals surface area contributed by atoms with Crippen molar-refractivity contribution in [3.05, 3.63) is 58.3 Å². The number of carbonyl (C=O) groups excluding carboxylic acids is 1. The maximum absolute atomic E-state index is 12.6. The van der Waals surface area contributed by atoms with Crippen LogP contribution in [0.25, 0.3) is 0 Å². The van der Waals surface area contributed by atoms with Gasteiger partial charge in [0.25, 0.3) is 0 Å². The molecule has 1 saturated carbocycles. The fourth-order valence-electron chi connectivity index (χ4n) is 2.65. The molecule has 1 heterocycles. The second-order valence-corrected chi connectivity index (χ2v) is 7.19. The third-order valence-electron chi connectivity index (χ3n) is 4.30. The van der Waals surface area contributed by atoms with Crippen molar-refractivity contribution in [2.75, 3.05) is 19.6 Å². The highest BCUT2D eigenvalue weighted by molar-refractivity contribution is 7.07. The van der Waals surface area contributed by atoms with Crippen molar-refractivity contribution in [3.8, 4) is 0 Å². The number of thiophene rings is 1.